The minimum absolute atomic E-state index is 0.184. The Bertz CT molecular complexity index is 1040. The first-order chi connectivity index (χ1) is 13.2. The summed E-state index contributed by atoms with van der Waals surface area (Å²) in [6.45, 7) is 11.1. The smallest absolute Gasteiger partial charge is 0.198 e. The van der Waals surface area contributed by atoms with Crippen molar-refractivity contribution in [1.29, 1.82) is 0 Å². The fraction of sp³-hybridized carbons (Fsp3) is 0.455. The van der Waals surface area contributed by atoms with Gasteiger partial charge in [0.15, 0.2) is 18.1 Å². The first-order valence-corrected chi connectivity index (χ1v) is 9.97. The van der Waals surface area contributed by atoms with E-state index in [2.05, 4.69) is 115 Å². The van der Waals surface area contributed by atoms with Crippen LogP contribution in [0.5, 0.6) is 0 Å². The predicted octanol–water partition coefficient (Wildman–Crippen LogP) is 3.65. The molecule has 1 aromatic carbocycles. The van der Waals surface area contributed by atoms with Crippen molar-refractivity contribution in [1.82, 2.24) is 19.1 Å². The number of fused-ring (bicyclic) bond motifs is 1. The van der Waals surface area contributed by atoms with Gasteiger partial charge in [-0.05, 0) is 46.8 Å². The maximum atomic E-state index is 4.97. The molecule has 0 fully saturated rings. The highest BCUT2D eigenvalue weighted by molar-refractivity contribution is 5.76. The Labute approximate surface area is 167 Å². The van der Waals surface area contributed by atoms with E-state index in [4.69, 9.17) is 4.98 Å². The fourth-order valence-corrected chi connectivity index (χ4v) is 4.50. The molecule has 0 spiro atoms. The van der Waals surface area contributed by atoms with Gasteiger partial charge in [0.1, 0.15) is 12.0 Å². The predicted molar refractivity (Wildman–Crippen MR) is 113 cm³/mol. The number of hydrogen-bond acceptors (Lipinski definition) is 3. The normalized spacial score (nSPS) is 17.5. The number of benzene rings is 1. The Hall–Kier alpha value is -2.76. The third kappa shape index (κ3) is 2.62. The Kier molecular flexibility index (Phi) is 4.25. The molecule has 0 radical (unpaired) electrons. The molecular weight excluding hydrogens is 348 g/mol. The second-order valence-electron chi connectivity index (χ2n) is 8.46. The Morgan fingerprint density at radius 1 is 1.07 bits per heavy atom. The molecule has 0 aliphatic carbocycles. The molecule has 0 amide bonds. The van der Waals surface area contributed by atoms with Crippen molar-refractivity contribution in [2.24, 2.45) is 14.1 Å². The lowest BCUT2D eigenvalue weighted by molar-refractivity contribution is -0.789. The molecule has 0 saturated heterocycles. The van der Waals surface area contributed by atoms with E-state index in [0.717, 1.165) is 11.3 Å². The van der Waals surface area contributed by atoms with Gasteiger partial charge < -0.3 is 14.4 Å². The quantitative estimate of drug-likeness (QED) is 0.649. The van der Waals surface area contributed by atoms with Gasteiger partial charge in [0.2, 0.25) is 0 Å². The number of hydrogen-bond donors (Lipinski definition) is 0. The van der Waals surface area contributed by atoms with E-state index in [1.54, 1.807) is 0 Å². The average molecular weight is 380 g/mol. The monoisotopic (exact) mass is 379 g/mol. The van der Waals surface area contributed by atoms with Crippen molar-refractivity contribution in [2.45, 2.75) is 52.4 Å². The van der Waals surface area contributed by atoms with E-state index in [-0.39, 0.29) is 11.7 Å². The molecule has 3 heterocycles. The zero-order chi connectivity index (χ0) is 20.2. The highest BCUT2D eigenvalue weighted by atomic mass is 15.5. The number of aryl methyl sites for hydroxylation is 1. The van der Waals surface area contributed by atoms with Crippen molar-refractivity contribution in [3.63, 3.8) is 0 Å². The van der Waals surface area contributed by atoms with Gasteiger partial charge in [-0.3, -0.25) is 0 Å². The van der Waals surface area contributed by atoms with E-state index in [1.165, 1.54) is 11.3 Å². The first kappa shape index (κ1) is 18.6. The highest BCUT2D eigenvalue weighted by Gasteiger charge is 2.39. The van der Waals surface area contributed by atoms with Gasteiger partial charge in [0, 0.05) is 19.4 Å². The zero-order valence-electron chi connectivity index (χ0n) is 18.0. The van der Waals surface area contributed by atoms with Crippen LogP contribution in [-0.2, 0) is 19.6 Å². The second kappa shape index (κ2) is 6.40. The summed E-state index contributed by atoms with van der Waals surface area (Å²) >= 11 is 0. The van der Waals surface area contributed by atoms with Crippen LogP contribution in [0.2, 0.25) is 0 Å². The largest absolute Gasteiger partial charge is 0.344 e. The van der Waals surface area contributed by atoms with Crippen LogP contribution < -0.4 is 9.58 Å². The van der Waals surface area contributed by atoms with Gasteiger partial charge in [-0.2, -0.15) is 0 Å². The van der Waals surface area contributed by atoms with E-state index < -0.39 is 0 Å². The number of aromatic nitrogens is 4. The van der Waals surface area contributed by atoms with Gasteiger partial charge >= 0.3 is 0 Å². The Balaban J connectivity index is 1.68. The summed E-state index contributed by atoms with van der Waals surface area (Å²) in [4.78, 5) is 9.68. The topological polar surface area (TPSA) is 33.1 Å². The molecule has 2 aromatic heterocycles. The molecule has 3 aromatic rings. The number of rotatable bonds is 4. The van der Waals surface area contributed by atoms with Crippen LogP contribution in [-0.4, -0.2) is 25.3 Å². The van der Waals surface area contributed by atoms with Crippen molar-refractivity contribution >= 4 is 16.9 Å². The molecule has 0 N–H and O–H groups in total. The van der Waals surface area contributed by atoms with Crippen molar-refractivity contribution in [3.05, 3.63) is 54.8 Å². The molecule has 0 saturated carbocycles. The lowest BCUT2D eigenvalue weighted by atomic mass is 10.0. The molecule has 0 bridgehead atoms. The Morgan fingerprint density at radius 2 is 1.79 bits per heavy atom. The molecule has 1 aliphatic heterocycles. The van der Waals surface area contributed by atoms with E-state index in [1.807, 2.05) is 6.07 Å². The summed E-state index contributed by atoms with van der Waals surface area (Å²) in [6, 6.07) is 10.9. The van der Waals surface area contributed by atoms with Crippen LogP contribution in [0.1, 0.15) is 46.5 Å². The average Bonchev–Trinajstić information content (AvgIpc) is 3.31. The van der Waals surface area contributed by atoms with Crippen LogP contribution in [0.15, 0.2) is 48.9 Å². The van der Waals surface area contributed by atoms with Gasteiger partial charge in [0.25, 0.3) is 0 Å². The number of para-hydroxylation sites is 2. The zero-order valence-corrected chi connectivity index (χ0v) is 18.0. The standard InChI is InChI=1S/C22H31N6/c1-16(2)28-13-12-20(25(28)7)26-14-15-27(17(26)3)22(4,5)21-23-18-10-8-9-11-19(18)24(21)6/h8-17H,1-7H3/q+1/t17-/m1/s1. The third-order valence-electron chi connectivity index (χ3n) is 6.02. The van der Waals surface area contributed by atoms with Crippen molar-refractivity contribution < 1.29 is 4.68 Å². The second-order valence-corrected chi connectivity index (χ2v) is 8.46. The summed E-state index contributed by atoms with van der Waals surface area (Å²) < 4.78 is 6.68. The van der Waals surface area contributed by atoms with Crippen LogP contribution in [0.4, 0.5) is 5.82 Å². The number of imidazole rings is 1. The van der Waals surface area contributed by atoms with Gasteiger partial charge in [0.05, 0.1) is 29.7 Å². The summed E-state index contributed by atoms with van der Waals surface area (Å²) in [5.41, 5.74) is 1.96. The molecule has 28 heavy (non-hydrogen) atoms. The van der Waals surface area contributed by atoms with Crippen LogP contribution in [0.3, 0.4) is 0 Å². The molecule has 148 valence electrons. The summed E-state index contributed by atoms with van der Waals surface area (Å²) in [5, 5.41) is 0. The lowest BCUT2D eigenvalue weighted by Crippen LogP contribution is -2.49. The van der Waals surface area contributed by atoms with Crippen molar-refractivity contribution in [2.75, 3.05) is 4.90 Å². The summed E-state index contributed by atoms with van der Waals surface area (Å²) in [5.74, 6) is 2.25. The Morgan fingerprint density at radius 3 is 2.43 bits per heavy atom. The van der Waals surface area contributed by atoms with Gasteiger partial charge in [-0.25, -0.2) is 4.98 Å². The molecule has 4 rings (SSSR count). The molecule has 1 aliphatic rings. The minimum atomic E-state index is -0.252. The number of nitrogens with zero attached hydrogens (tertiary/aromatic N) is 6. The van der Waals surface area contributed by atoms with Gasteiger partial charge in [-0.1, -0.05) is 12.1 Å². The SMILES string of the molecule is CC(C)[n+]1ccc(N2C=CN(C(C)(C)c3nc4ccccc4n3C)[C@@H]2C)n1C. The molecule has 0 unspecified atom stereocenters. The van der Waals surface area contributed by atoms with Crippen LogP contribution in [0.25, 0.3) is 11.0 Å². The summed E-state index contributed by atoms with van der Waals surface area (Å²) in [6.07, 6.45) is 6.70. The first-order valence-electron chi connectivity index (χ1n) is 9.97. The van der Waals surface area contributed by atoms with Crippen LogP contribution >= 0.6 is 0 Å². The fourth-order valence-electron chi connectivity index (χ4n) is 4.50. The maximum absolute atomic E-state index is 4.97. The third-order valence-corrected chi connectivity index (χ3v) is 6.02. The number of anilines is 1. The highest BCUT2D eigenvalue weighted by Crippen LogP contribution is 2.36. The van der Waals surface area contributed by atoms with Gasteiger partial charge in [-0.15, -0.1) is 9.36 Å². The van der Waals surface area contributed by atoms with E-state index in [0.29, 0.717) is 6.04 Å². The van der Waals surface area contributed by atoms with Crippen molar-refractivity contribution in [3.8, 4) is 0 Å². The molecule has 6 nitrogen and oxygen atoms in total. The van der Waals surface area contributed by atoms with E-state index in [9.17, 15) is 0 Å². The molecular formula is C22H31N6+. The molecule has 6 heteroatoms. The maximum Gasteiger partial charge on any atom is 0.198 e. The van der Waals surface area contributed by atoms with E-state index >= 15 is 0 Å². The summed E-state index contributed by atoms with van der Waals surface area (Å²) in [7, 11) is 4.23. The minimum Gasteiger partial charge on any atom is -0.344 e. The molecule has 1 atom stereocenters. The lowest BCUT2D eigenvalue weighted by Gasteiger charge is -2.40. The van der Waals surface area contributed by atoms with Crippen LogP contribution in [0, 0.1) is 0 Å².